The number of phosphoric acid groups is 1. The molecule has 0 aromatic carbocycles. The first-order valence-corrected chi connectivity index (χ1v) is 24.0. The first kappa shape index (κ1) is 54.7. The number of likely N-dealkylation sites (N-methyl/N-ethyl adjacent to an activating group) is 1. The molecule has 1 amide bonds. The Bertz CT molecular complexity index is 1200. The summed E-state index contributed by atoms with van der Waals surface area (Å²) in [7, 11) is 1.48. The molecule has 0 aliphatic heterocycles. The quantitative estimate of drug-likeness (QED) is 0.0247. The van der Waals surface area contributed by atoms with Crippen molar-refractivity contribution in [1.82, 2.24) is 5.32 Å². The maximum Gasteiger partial charge on any atom is 0.472 e. The molecule has 328 valence electrons. The van der Waals surface area contributed by atoms with Crippen molar-refractivity contribution >= 4 is 13.7 Å². The summed E-state index contributed by atoms with van der Waals surface area (Å²) in [5, 5.41) is 13.7. The number of nitrogens with one attached hydrogen (secondary N) is 1. The molecule has 57 heavy (non-hydrogen) atoms. The predicted molar refractivity (Wildman–Crippen MR) is 244 cm³/mol. The van der Waals surface area contributed by atoms with Crippen molar-refractivity contribution < 1.29 is 32.9 Å². The Morgan fingerprint density at radius 1 is 0.614 bits per heavy atom. The number of nitrogens with zero attached hydrogens (tertiary/aromatic N) is 1. The number of carbonyl (C=O) groups is 1. The lowest BCUT2D eigenvalue weighted by atomic mass is 10.0. The van der Waals surface area contributed by atoms with Gasteiger partial charge in [0.15, 0.2) is 0 Å². The Morgan fingerprint density at radius 2 is 1.07 bits per heavy atom. The summed E-state index contributed by atoms with van der Waals surface area (Å²) in [6, 6.07) is -0.921. The zero-order valence-electron chi connectivity index (χ0n) is 37.0. The maximum absolute atomic E-state index is 12.8. The number of aliphatic hydroxyl groups excluding tert-OH is 1. The molecular formula is C48H86N2O6P+. The van der Waals surface area contributed by atoms with E-state index in [1.54, 1.807) is 12.2 Å². The van der Waals surface area contributed by atoms with Gasteiger partial charge < -0.3 is 19.8 Å². The van der Waals surface area contributed by atoms with Crippen LogP contribution in [0.15, 0.2) is 85.1 Å². The number of hydrogen-bond acceptors (Lipinski definition) is 5. The van der Waals surface area contributed by atoms with E-state index >= 15 is 0 Å². The molecule has 0 aromatic rings. The van der Waals surface area contributed by atoms with E-state index in [1.807, 2.05) is 33.3 Å². The molecule has 0 heterocycles. The van der Waals surface area contributed by atoms with E-state index in [9.17, 15) is 19.4 Å². The minimum Gasteiger partial charge on any atom is -0.387 e. The molecule has 3 unspecified atom stereocenters. The molecule has 3 atom stereocenters. The predicted octanol–water partition coefficient (Wildman–Crippen LogP) is 12.6. The zero-order chi connectivity index (χ0) is 42.1. The van der Waals surface area contributed by atoms with Crippen LogP contribution in [0, 0.1) is 0 Å². The van der Waals surface area contributed by atoms with Gasteiger partial charge in [-0.1, -0.05) is 182 Å². The van der Waals surface area contributed by atoms with Gasteiger partial charge in [-0.25, -0.2) is 4.57 Å². The van der Waals surface area contributed by atoms with E-state index in [0.717, 1.165) is 44.9 Å². The summed E-state index contributed by atoms with van der Waals surface area (Å²) >= 11 is 0. The van der Waals surface area contributed by atoms with Crippen LogP contribution in [-0.4, -0.2) is 73.4 Å². The monoisotopic (exact) mass is 818 g/mol. The van der Waals surface area contributed by atoms with E-state index < -0.39 is 20.0 Å². The molecule has 3 N–H and O–H groups in total. The van der Waals surface area contributed by atoms with Crippen LogP contribution in [0.3, 0.4) is 0 Å². The molecular weight excluding hydrogens is 732 g/mol. The Labute approximate surface area is 350 Å². The van der Waals surface area contributed by atoms with Gasteiger partial charge in [0.1, 0.15) is 13.2 Å². The van der Waals surface area contributed by atoms with Crippen molar-refractivity contribution in [3.05, 3.63) is 85.1 Å². The normalized spacial score (nSPS) is 15.1. The van der Waals surface area contributed by atoms with Gasteiger partial charge in [-0.05, 0) is 57.8 Å². The SMILES string of the molecule is CC/C=C\C/C=C\C/C=C\C/C=C\C/C=C\CC(=O)NC(COP(=O)(O)OCC[N+](C)(C)C)C(O)/C=C/CC/C=C/CCCCCCCCCCCCCCCC. The number of unbranched alkanes of at least 4 members (excludes halogenated alkanes) is 15. The average molecular weight is 818 g/mol. The van der Waals surface area contributed by atoms with E-state index in [4.69, 9.17) is 9.05 Å². The van der Waals surface area contributed by atoms with Crippen LogP contribution >= 0.6 is 7.82 Å². The molecule has 0 fully saturated rings. The minimum atomic E-state index is -4.38. The van der Waals surface area contributed by atoms with Gasteiger partial charge in [-0.15, -0.1) is 0 Å². The Balaban J connectivity index is 4.59. The van der Waals surface area contributed by atoms with Crippen molar-refractivity contribution in [2.24, 2.45) is 0 Å². The van der Waals surface area contributed by atoms with E-state index in [1.165, 1.54) is 89.9 Å². The van der Waals surface area contributed by atoms with Gasteiger partial charge >= 0.3 is 7.82 Å². The largest absolute Gasteiger partial charge is 0.472 e. The van der Waals surface area contributed by atoms with E-state index in [-0.39, 0.29) is 25.5 Å². The molecule has 0 radical (unpaired) electrons. The number of phosphoric ester groups is 1. The van der Waals surface area contributed by atoms with Crippen LogP contribution in [0.5, 0.6) is 0 Å². The third-order valence-corrected chi connectivity index (χ3v) is 10.4. The van der Waals surface area contributed by atoms with Crippen molar-refractivity contribution in [3.63, 3.8) is 0 Å². The smallest absolute Gasteiger partial charge is 0.387 e. The average Bonchev–Trinajstić information content (AvgIpc) is 3.16. The number of hydrogen-bond donors (Lipinski definition) is 3. The number of carbonyl (C=O) groups excluding carboxylic acids is 1. The Kier molecular flexibility index (Phi) is 37.6. The lowest BCUT2D eigenvalue weighted by molar-refractivity contribution is -0.870. The molecule has 0 saturated carbocycles. The molecule has 9 heteroatoms. The van der Waals surface area contributed by atoms with Gasteiger partial charge in [-0.3, -0.25) is 13.8 Å². The van der Waals surface area contributed by atoms with Crippen LogP contribution in [0.1, 0.15) is 162 Å². The zero-order valence-corrected chi connectivity index (χ0v) is 37.9. The summed E-state index contributed by atoms with van der Waals surface area (Å²) in [5.41, 5.74) is 0. The highest BCUT2D eigenvalue weighted by Gasteiger charge is 2.27. The summed E-state index contributed by atoms with van der Waals surface area (Å²) in [6.07, 6.45) is 54.1. The number of allylic oxidation sites excluding steroid dienone is 12. The molecule has 0 saturated heterocycles. The first-order chi connectivity index (χ1) is 27.5. The Morgan fingerprint density at radius 3 is 1.58 bits per heavy atom. The number of aliphatic hydroxyl groups is 1. The third kappa shape index (κ3) is 41.6. The van der Waals surface area contributed by atoms with Gasteiger partial charge in [0, 0.05) is 6.42 Å². The summed E-state index contributed by atoms with van der Waals surface area (Å²) in [4.78, 5) is 23.0. The summed E-state index contributed by atoms with van der Waals surface area (Å²) in [5.74, 6) is -0.317. The fourth-order valence-electron chi connectivity index (χ4n) is 5.83. The third-order valence-electron chi connectivity index (χ3n) is 9.38. The number of amides is 1. The van der Waals surface area contributed by atoms with E-state index in [0.29, 0.717) is 17.4 Å². The maximum atomic E-state index is 12.8. The molecule has 0 bridgehead atoms. The standard InChI is InChI=1S/C48H85N2O6P/c1-6-8-10-12-14-16-18-20-22-23-24-25-26-28-29-31-33-35-37-39-41-47(51)46(45-56-57(53,54)55-44-43-50(3,4)5)49-48(52)42-40-38-36-34-32-30-27-21-19-17-15-13-11-9-7-2/h9,11,15,17,21,27,31-34,38-41,46-47,51H,6-8,10,12-14,16,18-20,22-26,28-30,35-37,42-45H2,1-5H3,(H-,49,52,53,54)/p+1/b11-9-,17-15-,27-21-,33-31+,34-32-,40-38-,41-39+. The second-order valence-electron chi connectivity index (χ2n) is 16.1. The van der Waals surface area contributed by atoms with Crippen LogP contribution in [0.4, 0.5) is 0 Å². The molecule has 0 aliphatic rings. The summed E-state index contributed by atoms with van der Waals surface area (Å²) in [6.45, 7) is 4.58. The van der Waals surface area contributed by atoms with Gasteiger partial charge in [-0.2, -0.15) is 0 Å². The highest BCUT2D eigenvalue weighted by Crippen LogP contribution is 2.43. The Hall–Kier alpha value is -2.32. The highest BCUT2D eigenvalue weighted by atomic mass is 31.2. The van der Waals surface area contributed by atoms with Crippen LogP contribution in [0.2, 0.25) is 0 Å². The minimum absolute atomic E-state index is 0.0355. The van der Waals surface area contributed by atoms with Crippen molar-refractivity contribution in [1.29, 1.82) is 0 Å². The van der Waals surface area contributed by atoms with Gasteiger partial charge in [0.05, 0.1) is 39.9 Å². The van der Waals surface area contributed by atoms with Gasteiger partial charge in [0.25, 0.3) is 0 Å². The van der Waals surface area contributed by atoms with Crippen molar-refractivity contribution in [2.75, 3.05) is 40.9 Å². The molecule has 0 rings (SSSR count). The number of rotatable bonds is 39. The molecule has 8 nitrogen and oxygen atoms in total. The lowest BCUT2D eigenvalue weighted by Gasteiger charge is -2.25. The summed E-state index contributed by atoms with van der Waals surface area (Å²) < 4.78 is 23.5. The van der Waals surface area contributed by atoms with E-state index in [2.05, 4.69) is 79.9 Å². The van der Waals surface area contributed by atoms with Gasteiger partial charge in [0.2, 0.25) is 5.91 Å². The first-order valence-electron chi connectivity index (χ1n) is 22.5. The van der Waals surface area contributed by atoms with Crippen LogP contribution in [-0.2, 0) is 18.4 Å². The molecule has 0 aromatic heterocycles. The van der Waals surface area contributed by atoms with Crippen molar-refractivity contribution in [2.45, 2.75) is 174 Å². The fraction of sp³-hybridized carbons (Fsp3) is 0.688. The lowest BCUT2D eigenvalue weighted by Crippen LogP contribution is -2.45. The van der Waals surface area contributed by atoms with Crippen LogP contribution in [0.25, 0.3) is 0 Å². The second kappa shape index (κ2) is 39.2. The molecule has 0 spiro atoms. The highest BCUT2D eigenvalue weighted by molar-refractivity contribution is 7.47. The number of quaternary nitrogens is 1. The topological polar surface area (TPSA) is 105 Å². The van der Waals surface area contributed by atoms with Crippen LogP contribution < -0.4 is 5.32 Å². The molecule has 0 aliphatic carbocycles. The fourth-order valence-corrected chi connectivity index (χ4v) is 6.56. The second-order valence-corrected chi connectivity index (χ2v) is 17.5. The van der Waals surface area contributed by atoms with Crippen molar-refractivity contribution in [3.8, 4) is 0 Å².